The molecule has 0 amide bonds. The number of hydrogen-bond acceptors (Lipinski definition) is 7. The van der Waals surface area contributed by atoms with Crippen molar-refractivity contribution < 1.29 is 28.2 Å². The monoisotopic (exact) mass is 559 g/mol. The molecule has 0 aliphatic rings. The Morgan fingerprint density at radius 2 is 1.03 bits per heavy atom. The third kappa shape index (κ3) is 28.0. The van der Waals surface area contributed by atoms with Crippen LogP contribution in [0.5, 0.6) is 0 Å². The van der Waals surface area contributed by atoms with Crippen LogP contribution in [-0.2, 0) is 28.2 Å². The van der Waals surface area contributed by atoms with Gasteiger partial charge in [-0.1, -0.05) is 122 Å². The third-order valence-electron chi connectivity index (χ3n) is 6.86. The molecule has 0 fully saturated rings. The van der Waals surface area contributed by atoms with Gasteiger partial charge in [0.2, 0.25) is 0 Å². The normalized spacial score (nSPS) is 12.1. The van der Waals surface area contributed by atoms with E-state index in [2.05, 4.69) is 6.92 Å². The molecule has 0 saturated heterocycles. The van der Waals surface area contributed by atoms with E-state index in [1.807, 2.05) is 0 Å². The minimum absolute atomic E-state index is 0.0604. The van der Waals surface area contributed by atoms with Crippen LogP contribution in [0.1, 0.15) is 155 Å². The molecule has 2 N–H and O–H groups in total. The first-order valence-corrected chi connectivity index (χ1v) is 16.4. The van der Waals surface area contributed by atoms with E-state index in [1.165, 1.54) is 89.9 Å². The van der Waals surface area contributed by atoms with Crippen molar-refractivity contribution >= 4 is 20.6 Å². The van der Waals surface area contributed by atoms with Gasteiger partial charge in [-0.2, -0.15) is 0 Å². The van der Waals surface area contributed by atoms with E-state index in [9.17, 15) is 14.2 Å². The van der Waals surface area contributed by atoms with Crippen molar-refractivity contribution in [2.75, 3.05) is 19.8 Å². The summed E-state index contributed by atoms with van der Waals surface area (Å²) < 4.78 is 26.2. The second-order valence-electron chi connectivity index (χ2n) is 10.5. The molecule has 8 heteroatoms. The molecule has 7 nitrogen and oxygen atoms in total. The second kappa shape index (κ2) is 30.5. The van der Waals surface area contributed by atoms with E-state index in [1.54, 1.807) is 0 Å². The minimum atomic E-state index is -0.730. The van der Waals surface area contributed by atoms with Crippen molar-refractivity contribution in [1.82, 2.24) is 0 Å². The molecule has 38 heavy (non-hydrogen) atoms. The summed E-state index contributed by atoms with van der Waals surface area (Å²) in [4.78, 5) is 24.3. The van der Waals surface area contributed by atoms with Crippen molar-refractivity contribution in [3.05, 3.63) is 0 Å². The Hall–Kier alpha value is -1.04. The minimum Gasteiger partial charge on any atom is -0.462 e. The molecule has 0 bridgehead atoms. The zero-order valence-corrected chi connectivity index (χ0v) is 25.3. The summed E-state index contributed by atoms with van der Waals surface area (Å²) in [7, 11) is -0.486. The predicted octanol–water partition coefficient (Wildman–Crippen LogP) is 8.62. The summed E-state index contributed by atoms with van der Waals surface area (Å²) in [6.45, 7) is 2.91. The number of ether oxygens (including phenoxy) is 2. The van der Waals surface area contributed by atoms with Crippen molar-refractivity contribution in [3.63, 3.8) is 0 Å². The van der Waals surface area contributed by atoms with Crippen LogP contribution in [0, 0.1) is 0 Å². The number of hydrogen-bond donors (Lipinski definition) is 1. The summed E-state index contributed by atoms with van der Waals surface area (Å²) in [6, 6.07) is 0. The number of unbranched alkanes of at least 4 members (excludes halogenated alkanes) is 19. The molecule has 1 atom stereocenters. The topological polar surface area (TPSA) is 105 Å². The molecular weight excluding hydrogens is 501 g/mol. The first-order chi connectivity index (χ1) is 18.6. The molecule has 0 radical (unpaired) electrons. The Labute approximate surface area is 235 Å². The summed E-state index contributed by atoms with van der Waals surface area (Å²) in [6.07, 6.45) is 25.0. The Morgan fingerprint density at radius 3 is 1.47 bits per heavy atom. The maximum Gasteiger partial charge on any atom is 0.327 e. The molecule has 0 saturated carbocycles. The predicted molar refractivity (Wildman–Crippen MR) is 155 cm³/mol. The lowest BCUT2D eigenvalue weighted by atomic mass is 10.1. The van der Waals surface area contributed by atoms with Crippen LogP contribution >= 0.6 is 8.69 Å². The number of nitrogens with two attached hydrogens (primary N) is 1. The first kappa shape index (κ1) is 37.0. The second-order valence-corrected chi connectivity index (χ2v) is 10.9. The van der Waals surface area contributed by atoms with Gasteiger partial charge in [0.05, 0.1) is 0 Å². The van der Waals surface area contributed by atoms with Crippen molar-refractivity contribution in [2.45, 2.75) is 161 Å². The van der Waals surface area contributed by atoms with Crippen molar-refractivity contribution in [3.8, 4) is 0 Å². The first-order valence-electron chi connectivity index (χ1n) is 15.6. The lowest BCUT2D eigenvalue weighted by molar-refractivity contribution is -0.160. The fourth-order valence-corrected chi connectivity index (χ4v) is 4.72. The molecular formula is C30H58NO6P. The summed E-state index contributed by atoms with van der Waals surface area (Å²) in [5, 5.41) is 0. The highest BCUT2D eigenvalue weighted by Crippen LogP contribution is 2.14. The van der Waals surface area contributed by atoms with Gasteiger partial charge in [0.1, 0.15) is 13.2 Å². The van der Waals surface area contributed by atoms with Crippen molar-refractivity contribution in [2.24, 2.45) is 5.73 Å². The quantitative estimate of drug-likeness (QED) is 0.0533. The van der Waals surface area contributed by atoms with E-state index < -0.39 is 14.8 Å². The molecule has 0 aromatic rings. The van der Waals surface area contributed by atoms with Gasteiger partial charge in [0.25, 0.3) is 0 Å². The maximum atomic E-state index is 12.2. The fraction of sp³-hybridized carbons (Fsp3) is 0.933. The Kier molecular flexibility index (Phi) is 29.7. The van der Waals surface area contributed by atoms with E-state index in [0.717, 1.165) is 51.5 Å². The van der Waals surface area contributed by atoms with Gasteiger partial charge >= 0.3 is 20.6 Å². The average molecular weight is 560 g/mol. The van der Waals surface area contributed by atoms with Crippen LogP contribution in [0.4, 0.5) is 0 Å². The number of rotatable bonds is 30. The molecule has 0 aromatic heterocycles. The van der Waals surface area contributed by atoms with Gasteiger partial charge in [-0.3, -0.25) is 14.1 Å². The van der Waals surface area contributed by atoms with Gasteiger partial charge in [0, 0.05) is 12.8 Å². The standard InChI is InChI=1S/C30H58NO6P/c1-2-3-4-5-6-7-11-15-18-21-24-30(33)37-28(27-36-38-34)26-35-29(32)23-20-17-14-12-9-8-10-13-16-19-22-25-31/h28H,2-27,31H2,1H3/t28-/m1/s1. The molecule has 0 aromatic carbocycles. The highest BCUT2D eigenvalue weighted by molar-refractivity contribution is 7.17. The molecule has 0 aliphatic carbocycles. The highest BCUT2D eigenvalue weighted by Gasteiger charge is 2.17. The van der Waals surface area contributed by atoms with Crippen LogP contribution in [0.2, 0.25) is 0 Å². The van der Waals surface area contributed by atoms with Crippen LogP contribution in [0.25, 0.3) is 0 Å². The number of carbonyl (C=O) groups excluding carboxylic acids is 2. The van der Waals surface area contributed by atoms with E-state index >= 15 is 0 Å². The lowest BCUT2D eigenvalue weighted by Gasteiger charge is -2.16. The summed E-state index contributed by atoms with van der Waals surface area (Å²) in [5.41, 5.74) is 5.51. The zero-order chi connectivity index (χ0) is 27.9. The van der Waals surface area contributed by atoms with Gasteiger partial charge in [-0.05, 0) is 25.8 Å². The zero-order valence-electron chi connectivity index (χ0n) is 24.4. The molecule has 0 heterocycles. The van der Waals surface area contributed by atoms with E-state index in [0.29, 0.717) is 12.8 Å². The van der Waals surface area contributed by atoms with Crippen LogP contribution in [0.3, 0.4) is 0 Å². The largest absolute Gasteiger partial charge is 0.462 e. The average Bonchev–Trinajstić information content (AvgIpc) is 2.91. The van der Waals surface area contributed by atoms with Gasteiger partial charge in [-0.15, -0.1) is 0 Å². The van der Waals surface area contributed by atoms with Gasteiger partial charge in [-0.25, -0.2) is 4.57 Å². The van der Waals surface area contributed by atoms with Crippen LogP contribution in [0.15, 0.2) is 0 Å². The van der Waals surface area contributed by atoms with Crippen LogP contribution < -0.4 is 5.73 Å². The van der Waals surface area contributed by atoms with E-state index in [4.69, 9.17) is 19.7 Å². The lowest BCUT2D eigenvalue weighted by Crippen LogP contribution is -2.28. The highest BCUT2D eigenvalue weighted by atomic mass is 31.1. The van der Waals surface area contributed by atoms with Crippen molar-refractivity contribution in [1.29, 1.82) is 0 Å². The fourth-order valence-electron chi connectivity index (χ4n) is 4.49. The third-order valence-corrected chi connectivity index (χ3v) is 7.12. The van der Waals surface area contributed by atoms with Gasteiger partial charge in [0.15, 0.2) is 6.10 Å². The Balaban J connectivity index is 3.78. The molecule has 0 spiro atoms. The number of esters is 2. The SMILES string of the molecule is CCCCCCCCCCCCC(=O)O[C@@H](COP=O)COC(=O)CCCCCCCCCCCCCN. The smallest absolute Gasteiger partial charge is 0.327 e. The Bertz CT molecular complexity index is 549. The number of carbonyl (C=O) groups is 2. The maximum absolute atomic E-state index is 12.2. The Morgan fingerprint density at radius 1 is 0.605 bits per heavy atom. The molecule has 0 unspecified atom stereocenters. The van der Waals surface area contributed by atoms with Crippen LogP contribution in [-0.4, -0.2) is 37.8 Å². The molecule has 0 aliphatic heterocycles. The summed E-state index contributed by atoms with van der Waals surface area (Å²) in [5.74, 6) is -0.620. The van der Waals surface area contributed by atoms with Gasteiger partial charge < -0.3 is 15.2 Å². The van der Waals surface area contributed by atoms with E-state index in [-0.39, 0.29) is 25.2 Å². The molecule has 224 valence electrons. The molecule has 0 rings (SSSR count). The summed E-state index contributed by atoms with van der Waals surface area (Å²) >= 11 is 0.